The number of nitrogens with zero attached hydrogens (tertiary/aromatic N) is 1. The molecule has 1 N–H and O–H groups in total. The predicted octanol–water partition coefficient (Wildman–Crippen LogP) is 5.44. The minimum atomic E-state index is -0.264. The van der Waals surface area contributed by atoms with Crippen molar-refractivity contribution in [2.75, 3.05) is 19.0 Å². The van der Waals surface area contributed by atoms with Gasteiger partial charge in [0.15, 0.2) is 0 Å². The Hall–Kier alpha value is -4.00. The van der Waals surface area contributed by atoms with Gasteiger partial charge >= 0.3 is 5.97 Å². The molecule has 0 aliphatic heterocycles. The molecule has 0 bridgehead atoms. The van der Waals surface area contributed by atoms with Crippen LogP contribution in [0, 0.1) is 6.92 Å². The van der Waals surface area contributed by atoms with Crippen molar-refractivity contribution in [2.24, 2.45) is 0 Å². The third-order valence-electron chi connectivity index (χ3n) is 5.34. The second-order valence-corrected chi connectivity index (χ2v) is 7.89. The zero-order valence-corrected chi connectivity index (χ0v) is 19.6. The lowest BCUT2D eigenvalue weighted by atomic mass is 10.1. The van der Waals surface area contributed by atoms with E-state index in [-0.39, 0.29) is 12.4 Å². The SMILES string of the molecule is CCOC(=O)Cc1ccccc1OCc1cc(C)c2oc(CNc3cncc(OC)c3)cc2c1. The van der Waals surface area contributed by atoms with Crippen molar-refractivity contribution >= 4 is 22.6 Å². The first kappa shape index (κ1) is 23.2. The number of anilines is 1. The van der Waals surface area contributed by atoms with Crippen molar-refractivity contribution in [1.29, 1.82) is 0 Å². The standard InChI is InChI=1S/C27H28N2O5/c1-4-32-26(30)12-20-7-5-6-8-25(20)33-17-19-9-18(2)27-21(10-19)11-24(34-27)16-29-22-13-23(31-3)15-28-14-22/h5-11,13-15,29H,4,12,16-17H2,1-3H3. The molecule has 2 aromatic carbocycles. The number of aromatic nitrogens is 1. The van der Waals surface area contributed by atoms with Crippen molar-refractivity contribution in [3.63, 3.8) is 0 Å². The summed E-state index contributed by atoms with van der Waals surface area (Å²) in [7, 11) is 1.61. The van der Waals surface area contributed by atoms with E-state index in [2.05, 4.69) is 22.4 Å². The number of pyridine rings is 1. The minimum absolute atomic E-state index is 0.184. The van der Waals surface area contributed by atoms with Crippen molar-refractivity contribution in [1.82, 2.24) is 4.98 Å². The molecule has 0 amide bonds. The van der Waals surface area contributed by atoms with Gasteiger partial charge in [-0.3, -0.25) is 9.78 Å². The fourth-order valence-corrected chi connectivity index (χ4v) is 3.76. The van der Waals surface area contributed by atoms with Crippen LogP contribution in [-0.4, -0.2) is 24.7 Å². The number of furan rings is 1. The quantitative estimate of drug-likeness (QED) is 0.316. The van der Waals surface area contributed by atoms with Gasteiger partial charge in [-0.25, -0.2) is 0 Å². The molecule has 2 aromatic heterocycles. The van der Waals surface area contributed by atoms with E-state index in [4.69, 9.17) is 18.6 Å². The number of para-hydroxylation sites is 1. The second-order valence-electron chi connectivity index (χ2n) is 7.89. The van der Waals surface area contributed by atoms with Crippen LogP contribution < -0.4 is 14.8 Å². The molecule has 0 saturated carbocycles. The monoisotopic (exact) mass is 460 g/mol. The van der Waals surface area contributed by atoms with Crippen LogP contribution in [0.5, 0.6) is 11.5 Å². The molecule has 7 heteroatoms. The number of nitrogens with one attached hydrogen (secondary N) is 1. The Morgan fingerprint density at radius 1 is 1.12 bits per heavy atom. The van der Waals surface area contributed by atoms with E-state index in [9.17, 15) is 4.79 Å². The summed E-state index contributed by atoms with van der Waals surface area (Å²) in [6.45, 7) is 5.08. The van der Waals surface area contributed by atoms with Gasteiger partial charge in [0, 0.05) is 17.0 Å². The highest BCUT2D eigenvalue weighted by Gasteiger charge is 2.12. The maximum atomic E-state index is 11.9. The molecule has 0 saturated heterocycles. The summed E-state index contributed by atoms with van der Waals surface area (Å²) in [6, 6.07) is 15.6. The number of methoxy groups -OCH3 is 1. The summed E-state index contributed by atoms with van der Waals surface area (Å²) in [4.78, 5) is 16.1. The largest absolute Gasteiger partial charge is 0.495 e. The van der Waals surface area contributed by atoms with Crippen molar-refractivity contribution in [3.8, 4) is 11.5 Å². The molecule has 34 heavy (non-hydrogen) atoms. The first-order valence-corrected chi connectivity index (χ1v) is 11.2. The van der Waals surface area contributed by atoms with Crippen LogP contribution in [0.2, 0.25) is 0 Å². The Labute approximate surface area is 198 Å². The smallest absolute Gasteiger partial charge is 0.310 e. The van der Waals surface area contributed by atoms with Gasteiger partial charge < -0.3 is 23.9 Å². The summed E-state index contributed by atoms with van der Waals surface area (Å²) in [5, 5.41) is 4.32. The van der Waals surface area contributed by atoms with Crippen LogP contribution in [0.4, 0.5) is 5.69 Å². The number of hydrogen-bond donors (Lipinski definition) is 1. The van der Waals surface area contributed by atoms with E-state index in [1.165, 1.54) is 0 Å². The third-order valence-corrected chi connectivity index (χ3v) is 5.34. The Bertz CT molecular complexity index is 1280. The summed E-state index contributed by atoms with van der Waals surface area (Å²) in [5.41, 5.74) is 4.57. The van der Waals surface area contributed by atoms with Crippen LogP contribution in [-0.2, 0) is 29.1 Å². The van der Waals surface area contributed by atoms with E-state index in [0.717, 1.165) is 39.1 Å². The fourth-order valence-electron chi connectivity index (χ4n) is 3.76. The topological polar surface area (TPSA) is 82.8 Å². The average Bonchev–Trinajstić information content (AvgIpc) is 3.26. The molecule has 4 rings (SSSR count). The lowest BCUT2D eigenvalue weighted by molar-refractivity contribution is -0.142. The Balaban J connectivity index is 1.45. The predicted molar refractivity (Wildman–Crippen MR) is 130 cm³/mol. The molecule has 7 nitrogen and oxygen atoms in total. The molecule has 0 unspecified atom stereocenters. The Morgan fingerprint density at radius 3 is 2.79 bits per heavy atom. The number of carbonyl (C=O) groups excluding carboxylic acids is 1. The first-order valence-electron chi connectivity index (χ1n) is 11.2. The van der Waals surface area contributed by atoms with Crippen molar-refractivity contribution in [3.05, 3.63) is 83.4 Å². The zero-order valence-electron chi connectivity index (χ0n) is 19.6. The molecular formula is C27H28N2O5. The second kappa shape index (κ2) is 10.7. The highest BCUT2D eigenvalue weighted by Crippen LogP contribution is 2.27. The van der Waals surface area contributed by atoms with Crippen LogP contribution >= 0.6 is 0 Å². The van der Waals surface area contributed by atoms with Gasteiger partial charge in [-0.05, 0) is 49.2 Å². The first-order chi connectivity index (χ1) is 16.6. The van der Waals surface area contributed by atoms with Gasteiger partial charge in [-0.1, -0.05) is 18.2 Å². The van der Waals surface area contributed by atoms with Crippen molar-refractivity contribution in [2.45, 2.75) is 33.4 Å². The molecule has 2 heterocycles. The Morgan fingerprint density at radius 2 is 1.97 bits per heavy atom. The normalized spacial score (nSPS) is 10.8. The fraction of sp³-hybridized carbons (Fsp3) is 0.259. The molecule has 4 aromatic rings. The highest BCUT2D eigenvalue weighted by molar-refractivity contribution is 5.82. The van der Waals surface area contributed by atoms with Crippen LogP contribution in [0.1, 0.15) is 29.4 Å². The number of hydrogen-bond acceptors (Lipinski definition) is 7. The van der Waals surface area contributed by atoms with Crippen molar-refractivity contribution < 1.29 is 23.4 Å². The minimum Gasteiger partial charge on any atom is -0.495 e. The molecule has 0 radical (unpaired) electrons. The molecular weight excluding hydrogens is 432 g/mol. The van der Waals surface area contributed by atoms with Gasteiger partial charge in [0.1, 0.15) is 29.4 Å². The van der Waals surface area contributed by atoms with E-state index in [1.807, 2.05) is 43.3 Å². The third kappa shape index (κ3) is 5.67. The van der Waals surface area contributed by atoms with Gasteiger partial charge in [0.05, 0.1) is 44.8 Å². The highest BCUT2D eigenvalue weighted by atomic mass is 16.5. The zero-order chi connectivity index (χ0) is 23.9. The average molecular weight is 461 g/mol. The van der Waals surface area contributed by atoms with Gasteiger partial charge in [-0.15, -0.1) is 0 Å². The molecule has 0 atom stereocenters. The number of benzene rings is 2. The molecule has 176 valence electrons. The van der Waals surface area contributed by atoms with Gasteiger partial charge in [0.2, 0.25) is 0 Å². The summed E-state index contributed by atoms with van der Waals surface area (Å²) < 4.78 is 22.4. The number of carbonyl (C=O) groups is 1. The van der Waals surface area contributed by atoms with E-state index < -0.39 is 0 Å². The number of fused-ring (bicyclic) bond motifs is 1. The van der Waals surface area contributed by atoms with E-state index >= 15 is 0 Å². The molecule has 0 aliphatic carbocycles. The van der Waals surface area contributed by atoms with E-state index in [0.29, 0.717) is 31.3 Å². The number of aryl methyl sites for hydroxylation is 1. The number of rotatable bonds is 10. The lowest BCUT2D eigenvalue weighted by Gasteiger charge is -2.12. The molecule has 0 aliphatic rings. The summed E-state index contributed by atoms with van der Waals surface area (Å²) in [6.07, 6.45) is 3.59. The summed E-state index contributed by atoms with van der Waals surface area (Å²) >= 11 is 0. The molecule has 0 fully saturated rings. The summed E-state index contributed by atoms with van der Waals surface area (Å²) in [5.74, 6) is 1.93. The van der Waals surface area contributed by atoms with Gasteiger partial charge in [0.25, 0.3) is 0 Å². The number of ether oxygens (including phenoxy) is 3. The molecule has 0 spiro atoms. The van der Waals surface area contributed by atoms with Gasteiger partial charge in [-0.2, -0.15) is 0 Å². The van der Waals surface area contributed by atoms with Crippen LogP contribution in [0.25, 0.3) is 11.0 Å². The Kier molecular flexibility index (Phi) is 7.32. The van der Waals surface area contributed by atoms with Crippen LogP contribution in [0.3, 0.4) is 0 Å². The van der Waals surface area contributed by atoms with Crippen LogP contribution in [0.15, 0.2) is 65.3 Å². The number of esters is 1. The lowest BCUT2D eigenvalue weighted by Crippen LogP contribution is -2.09. The van der Waals surface area contributed by atoms with E-state index in [1.54, 1.807) is 26.4 Å². The maximum absolute atomic E-state index is 11.9. The maximum Gasteiger partial charge on any atom is 0.310 e.